The van der Waals surface area contributed by atoms with Gasteiger partial charge in [-0.3, -0.25) is 9.59 Å². The summed E-state index contributed by atoms with van der Waals surface area (Å²) in [6.45, 7) is 5.99. The monoisotopic (exact) mass is 284 g/mol. The number of rotatable bonds is 6. The molecule has 0 saturated carbocycles. The van der Waals surface area contributed by atoms with Crippen LogP contribution in [0.15, 0.2) is 0 Å². The number of nitrogens with zero attached hydrogens (tertiary/aromatic N) is 1. The number of nitrogen functional groups attached to an aromatic ring is 1. The number of nitrogens with two attached hydrogens (primary N) is 1. The fourth-order valence-electron chi connectivity index (χ4n) is 1.45. The van der Waals surface area contributed by atoms with E-state index in [-0.39, 0.29) is 24.3 Å². The highest BCUT2D eigenvalue weighted by Crippen LogP contribution is 2.19. The maximum Gasteiger partial charge on any atom is 0.263 e. The lowest BCUT2D eigenvalue weighted by molar-refractivity contribution is -0.121. The first-order valence-corrected chi connectivity index (χ1v) is 7.06. The van der Waals surface area contributed by atoms with Crippen LogP contribution in [0.25, 0.3) is 0 Å². The van der Waals surface area contributed by atoms with Gasteiger partial charge in [0.05, 0.1) is 5.69 Å². The van der Waals surface area contributed by atoms with Gasteiger partial charge >= 0.3 is 0 Å². The maximum atomic E-state index is 11.8. The van der Waals surface area contributed by atoms with Gasteiger partial charge in [0.15, 0.2) is 5.13 Å². The van der Waals surface area contributed by atoms with E-state index >= 15 is 0 Å². The molecule has 0 aliphatic carbocycles. The molecular weight excluding hydrogens is 264 g/mol. The number of hydrogen-bond acceptors (Lipinski definition) is 5. The predicted octanol–water partition coefficient (Wildman–Crippen LogP) is 1.07. The van der Waals surface area contributed by atoms with E-state index < -0.39 is 0 Å². The van der Waals surface area contributed by atoms with E-state index in [1.165, 1.54) is 0 Å². The Morgan fingerprint density at radius 3 is 2.68 bits per heavy atom. The molecule has 0 radical (unpaired) electrons. The van der Waals surface area contributed by atoms with Crippen molar-refractivity contribution in [3.05, 3.63) is 10.6 Å². The first kappa shape index (κ1) is 15.4. The van der Waals surface area contributed by atoms with Gasteiger partial charge in [0.2, 0.25) is 5.91 Å². The summed E-state index contributed by atoms with van der Waals surface area (Å²) in [7, 11) is 0. The van der Waals surface area contributed by atoms with Crippen LogP contribution in [0.1, 0.15) is 42.1 Å². The van der Waals surface area contributed by atoms with Crippen LogP contribution in [0.4, 0.5) is 5.13 Å². The van der Waals surface area contributed by atoms with Gasteiger partial charge < -0.3 is 16.4 Å². The molecule has 1 unspecified atom stereocenters. The molecule has 4 N–H and O–H groups in total. The standard InChI is InChI=1S/C12H20N4O2S/c1-4-7(2)15-9(17)5-6-14-11(18)10-8(3)16-12(13)19-10/h7H,4-6H2,1-3H3,(H2,13,16)(H,14,18)(H,15,17). The summed E-state index contributed by atoms with van der Waals surface area (Å²) in [5.74, 6) is -0.293. The molecule has 1 rings (SSSR count). The average molecular weight is 284 g/mol. The topological polar surface area (TPSA) is 97.1 Å². The number of aryl methyl sites for hydroxylation is 1. The molecule has 0 aliphatic rings. The molecule has 2 amide bonds. The number of aromatic nitrogens is 1. The third kappa shape index (κ3) is 4.86. The zero-order valence-electron chi connectivity index (χ0n) is 11.4. The second-order valence-electron chi connectivity index (χ2n) is 4.35. The van der Waals surface area contributed by atoms with Crippen LogP contribution in [-0.4, -0.2) is 29.4 Å². The predicted molar refractivity (Wildman–Crippen MR) is 76.1 cm³/mol. The Balaban J connectivity index is 2.35. The van der Waals surface area contributed by atoms with E-state index in [2.05, 4.69) is 15.6 Å². The largest absolute Gasteiger partial charge is 0.375 e. The number of nitrogens with one attached hydrogen (secondary N) is 2. The third-order valence-corrected chi connectivity index (χ3v) is 3.66. The van der Waals surface area contributed by atoms with E-state index in [0.29, 0.717) is 22.2 Å². The average Bonchev–Trinajstić information content (AvgIpc) is 2.68. The van der Waals surface area contributed by atoms with Crippen molar-refractivity contribution in [2.75, 3.05) is 12.3 Å². The van der Waals surface area contributed by atoms with Gasteiger partial charge in [-0.05, 0) is 20.3 Å². The molecule has 0 bridgehead atoms. The van der Waals surface area contributed by atoms with Crippen LogP contribution in [-0.2, 0) is 4.79 Å². The van der Waals surface area contributed by atoms with Crippen LogP contribution in [0, 0.1) is 6.92 Å². The van der Waals surface area contributed by atoms with Crippen LogP contribution >= 0.6 is 11.3 Å². The number of thiazole rings is 1. The lowest BCUT2D eigenvalue weighted by Crippen LogP contribution is -2.35. The molecule has 0 fully saturated rings. The van der Waals surface area contributed by atoms with Crippen molar-refractivity contribution in [3.63, 3.8) is 0 Å². The lowest BCUT2D eigenvalue weighted by atomic mass is 10.2. The minimum absolute atomic E-state index is 0.0600. The SMILES string of the molecule is CCC(C)NC(=O)CCNC(=O)c1sc(N)nc1C. The van der Waals surface area contributed by atoms with E-state index in [1.807, 2.05) is 13.8 Å². The summed E-state index contributed by atoms with van der Waals surface area (Å²) in [6, 6.07) is 0.159. The van der Waals surface area contributed by atoms with Crippen LogP contribution in [0.2, 0.25) is 0 Å². The van der Waals surface area contributed by atoms with Crippen LogP contribution in [0.5, 0.6) is 0 Å². The molecule has 0 saturated heterocycles. The molecule has 1 heterocycles. The number of carbonyl (C=O) groups excluding carboxylic acids is 2. The van der Waals surface area contributed by atoms with Gasteiger partial charge in [-0.1, -0.05) is 18.3 Å². The summed E-state index contributed by atoms with van der Waals surface area (Å²) in [4.78, 5) is 27.8. The van der Waals surface area contributed by atoms with Crippen molar-refractivity contribution in [1.82, 2.24) is 15.6 Å². The summed E-state index contributed by atoms with van der Waals surface area (Å²) in [6.07, 6.45) is 1.15. The molecule has 0 aromatic carbocycles. The number of anilines is 1. The first-order chi connectivity index (χ1) is 8.93. The maximum absolute atomic E-state index is 11.8. The Bertz CT molecular complexity index is 459. The van der Waals surface area contributed by atoms with Gasteiger partial charge in [-0.25, -0.2) is 4.98 Å². The van der Waals surface area contributed by atoms with Crippen molar-refractivity contribution in [3.8, 4) is 0 Å². The zero-order chi connectivity index (χ0) is 14.4. The van der Waals surface area contributed by atoms with Crippen molar-refractivity contribution < 1.29 is 9.59 Å². The van der Waals surface area contributed by atoms with Gasteiger partial charge in [-0.15, -0.1) is 0 Å². The first-order valence-electron chi connectivity index (χ1n) is 6.24. The van der Waals surface area contributed by atoms with Crippen molar-refractivity contribution >= 4 is 28.3 Å². The quantitative estimate of drug-likeness (QED) is 0.728. The molecule has 1 aromatic rings. The summed E-state index contributed by atoms with van der Waals surface area (Å²) >= 11 is 1.15. The van der Waals surface area contributed by atoms with Crippen molar-refractivity contribution in [2.24, 2.45) is 0 Å². The second-order valence-corrected chi connectivity index (χ2v) is 5.38. The van der Waals surface area contributed by atoms with Crippen molar-refractivity contribution in [1.29, 1.82) is 0 Å². The Kier molecular flexibility index (Phi) is 5.75. The Labute approximate surface area is 116 Å². The van der Waals surface area contributed by atoms with Crippen LogP contribution in [0.3, 0.4) is 0 Å². The lowest BCUT2D eigenvalue weighted by Gasteiger charge is -2.11. The molecule has 1 aromatic heterocycles. The normalized spacial score (nSPS) is 11.9. The smallest absolute Gasteiger partial charge is 0.263 e. The Morgan fingerprint density at radius 1 is 1.47 bits per heavy atom. The minimum atomic E-state index is -0.233. The summed E-state index contributed by atoms with van der Waals surface area (Å²) in [5.41, 5.74) is 6.14. The molecule has 0 aliphatic heterocycles. The Morgan fingerprint density at radius 2 is 2.16 bits per heavy atom. The van der Waals surface area contributed by atoms with E-state index in [4.69, 9.17) is 5.73 Å². The highest BCUT2D eigenvalue weighted by atomic mass is 32.1. The van der Waals surface area contributed by atoms with E-state index in [1.54, 1.807) is 6.92 Å². The molecule has 1 atom stereocenters. The molecule has 0 spiro atoms. The fraction of sp³-hybridized carbons (Fsp3) is 0.583. The molecule has 106 valence electrons. The second kappa shape index (κ2) is 7.08. The number of amides is 2. The van der Waals surface area contributed by atoms with E-state index in [0.717, 1.165) is 17.8 Å². The van der Waals surface area contributed by atoms with E-state index in [9.17, 15) is 9.59 Å². The molecule has 19 heavy (non-hydrogen) atoms. The number of carbonyl (C=O) groups is 2. The summed E-state index contributed by atoms with van der Waals surface area (Å²) in [5, 5.41) is 5.90. The Hall–Kier alpha value is -1.63. The fourth-order valence-corrected chi connectivity index (χ4v) is 2.20. The van der Waals surface area contributed by atoms with Gasteiger partial charge in [0, 0.05) is 19.0 Å². The molecular formula is C12H20N4O2S. The van der Waals surface area contributed by atoms with Gasteiger partial charge in [-0.2, -0.15) is 0 Å². The van der Waals surface area contributed by atoms with Crippen LogP contribution < -0.4 is 16.4 Å². The minimum Gasteiger partial charge on any atom is -0.375 e. The van der Waals surface area contributed by atoms with Gasteiger partial charge in [0.1, 0.15) is 4.88 Å². The highest BCUT2D eigenvalue weighted by molar-refractivity contribution is 7.17. The van der Waals surface area contributed by atoms with Gasteiger partial charge in [0.25, 0.3) is 5.91 Å². The number of hydrogen-bond donors (Lipinski definition) is 3. The summed E-state index contributed by atoms with van der Waals surface area (Å²) < 4.78 is 0. The van der Waals surface area contributed by atoms with Crippen molar-refractivity contribution in [2.45, 2.75) is 39.7 Å². The third-order valence-electron chi connectivity index (χ3n) is 2.68. The highest BCUT2D eigenvalue weighted by Gasteiger charge is 2.14. The molecule has 7 heteroatoms. The zero-order valence-corrected chi connectivity index (χ0v) is 12.3. The molecule has 6 nitrogen and oxygen atoms in total.